The molecule has 0 aliphatic carbocycles. The molecule has 0 unspecified atom stereocenters. The van der Waals surface area contributed by atoms with E-state index < -0.39 is 5.25 Å². The first-order chi connectivity index (χ1) is 14.3. The summed E-state index contributed by atoms with van der Waals surface area (Å²) >= 11 is 4.80. The predicted octanol–water partition coefficient (Wildman–Crippen LogP) is 4.77. The van der Waals surface area contributed by atoms with Crippen LogP contribution < -0.4 is 9.47 Å². The molecule has 30 heavy (non-hydrogen) atoms. The Kier molecular flexibility index (Phi) is 6.99. The molecular formula is C20H21BrN4O4S. The lowest BCUT2D eigenvalue weighted by Crippen LogP contribution is -2.12. The third-order valence-corrected chi connectivity index (χ3v) is 6.35. The first-order valence-corrected chi connectivity index (χ1v) is 10.7. The summed E-state index contributed by atoms with van der Waals surface area (Å²) in [6, 6.07) is 11.5. The number of hydrogen-bond donors (Lipinski definition) is 0. The van der Waals surface area contributed by atoms with E-state index in [1.165, 1.54) is 18.9 Å². The first-order valence-electron chi connectivity index (χ1n) is 9.03. The molecule has 0 saturated heterocycles. The average molecular weight is 493 g/mol. The van der Waals surface area contributed by atoms with Gasteiger partial charge in [0.1, 0.15) is 11.1 Å². The molecule has 3 rings (SSSR count). The van der Waals surface area contributed by atoms with E-state index >= 15 is 0 Å². The number of aryl methyl sites for hydroxylation is 2. The van der Waals surface area contributed by atoms with Gasteiger partial charge in [-0.15, -0.1) is 10.2 Å². The van der Waals surface area contributed by atoms with Crippen molar-refractivity contribution in [1.82, 2.24) is 14.8 Å². The van der Waals surface area contributed by atoms with Crippen LogP contribution in [0.15, 0.2) is 46.0 Å². The van der Waals surface area contributed by atoms with Crippen LogP contribution >= 0.6 is 27.7 Å². The molecule has 158 valence electrons. The number of aromatic nitrogens is 3. The van der Waals surface area contributed by atoms with E-state index in [1.807, 2.05) is 42.7 Å². The van der Waals surface area contributed by atoms with Crippen molar-refractivity contribution in [2.45, 2.75) is 24.3 Å². The van der Waals surface area contributed by atoms with E-state index in [4.69, 9.17) is 9.47 Å². The predicted molar refractivity (Wildman–Crippen MR) is 119 cm³/mol. The van der Waals surface area contributed by atoms with Gasteiger partial charge in [0, 0.05) is 15.1 Å². The molecule has 10 heteroatoms. The number of nitrogens with zero attached hydrogens (tertiary/aromatic N) is 4. The Morgan fingerprint density at radius 1 is 1.13 bits per heavy atom. The Hall–Kier alpha value is -2.59. The minimum Gasteiger partial charge on any atom is -0.493 e. The van der Waals surface area contributed by atoms with Crippen LogP contribution in [0.25, 0.3) is 5.69 Å². The van der Waals surface area contributed by atoms with E-state index in [1.54, 1.807) is 19.2 Å². The molecule has 0 fully saturated rings. The van der Waals surface area contributed by atoms with Crippen molar-refractivity contribution in [2.75, 3.05) is 20.8 Å². The minimum atomic E-state index is -0.526. The lowest BCUT2D eigenvalue weighted by atomic mass is 10.1. The Balaban J connectivity index is 2.04. The largest absolute Gasteiger partial charge is 0.493 e. The molecule has 0 radical (unpaired) electrons. The van der Waals surface area contributed by atoms with Gasteiger partial charge in [-0.1, -0.05) is 45.4 Å². The monoisotopic (exact) mass is 492 g/mol. The molecule has 0 N–H and O–H groups in total. The fraction of sp³-hybridized carbons (Fsp3) is 0.300. The summed E-state index contributed by atoms with van der Waals surface area (Å²) in [5.74, 6) is 1.74. The molecule has 8 nitrogen and oxygen atoms in total. The highest BCUT2D eigenvalue weighted by molar-refractivity contribution is 9.10. The Morgan fingerprint density at radius 2 is 1.77 bits per heavy atom. The van der Waals surface area contributed by atoms with Crippen LogP contribution in [0.2, 0.25) is 0 Å². The van der Waals surface area contributed by atoms with Gasteiger partial charge in [-0.05, 0) is 43.7 Å². The highest BCUT2D eigenvalue weighted by atomic mass is 79.9. The highest BCUT2D eigenvalue weighted by Crippen LogP contribution is 2.43. The molecule has 0 amide bonds. The summed E-state index contributed by atoms with van der Waals surface area (Å²) in [6.45, 7) is 3.57. The number of benzene rings is 2. The van der Waals surface area contributed by atoms with Gasteiger partial charge in [0.2, 0.25) is 6.54 Å². The molecule has 3 aromatic rings. The zero-order chi connectivity index (χ0) is 21.8. The van der Waals surface area contributed by atoms with Crippen molar-refractivity contribution < 1.29 is 14.4 Å². The summed E-state index contributed by atoms with van der Waals surface area (Å²) in [4.78, 5) is 11.1. The van der Waals surface area contributed by atoms with E-state index in [2.05, 4.69) is 26.1 Å². The maximum Gasteiger partial charge on any atom is 0.220 e. The zero-order valence-electron chi connectivity index (χ0n) is 17.0. The van der Waals surface area contributed by atoms with Crippen molar-refractivity contribution in [3.8, 4) is 17.2 Å². The number of methoxy groups -OCH3 is 2. The van der Waals surface area contributed by atoms with Crippen LogP contribution in [0.4, 0.5) is 0 Å². The quantitative estimate of drug-likeness (QED) is 0.254. The molecular weight excluding hydrogens is 472 g/mol. The lowest BCUT2D eigenvalue weighted by Gasteiger charge is -2.18. The summed E-state index contributed by atoms with van der Waals surface area (Å²) in [5.41, 5.74) is 2.75. The van der Waals surface area contributed by atoms with Crippen molar-refractivity contribution in [2.24, 2.45) is 0 Å². The third-order valence-electron chi connectivity index (χ3n) is 4.50. The highest BCUT2D eigenvalue weighted by Gasteiger charge is 2.27. The van der Waals surface area contributed by atoms with Crippen LogP contribution in [0.3, 0.4) is 0 Å². The van der Waals surface area contributed by atoms with Crippen molar-refractivity contribution in [1.29, 1.82) is 0 Å². The maximum absolute atomic E-state index is 11.4. The fourth-order valence-corrected chi connectivity index (χ4v) is 4.94. The van der Waals surface area contributed by atoms with Gasteiger partial charge in [-0.25, -0.2) is 0 Å². The molecule has 0 bridgehead atoms. The molecule has 1 atom stereocenters. The average Bonchev–Trinajstić information content (AvgIpc) is 3.07. The molecule has 2 aromatic carbocycles. The Morgan fingerprint density at radius 3 is 2.37 bits per heavy atom. The molecule has 0 spiro atoms. The smallest absolute Gasteiger partial charge is 0.220 e. The normalized spacial score (nSPS) is 11.9. The van der Waals surface area contributed by atoms with E-state index in [0.29, 0.717) is 32.5 Å². The van der Waals surface area contributed by atoms with Gasteiger partial charge >= 0.3 is 0 Å². The zero-order valence-corrected chi connectivity index (χ0v) is 19.4. The summed E-state index contributed by atoms with van der Waals surface area (Å²) in [5, 5.41) is 20.0. The van der Waals surface area contributed by atoms with Gasteiger partial charge in [0.15, 0.2) is 16.7 Å². The van der Waals surface area contributed by atoms with Crippen molar-refractivity contribution in [3.63, 3.8) is 0 Å². The van der Waals surface area contributed by atoms with Gasteiger partial charge in [-0.3, -0.25) is 14.7 Å². The second-order valence-electron chi connectivity index (χ2n) is 6.55. The topological polar surface area (TPSA) is 92.3 Å². The summed E-state index contributed by atoms with van der Waals surface area (Å²) < 4.78 is 13.3. The molecule has 1 aromatic heterocycles. The first kappa shape index (κ1) is 22.1. The molecule has 0 aliphatic rings. The number of nitro groups is 1. The van der Waals surface area contributed by atoms with Crippen molar-refractivity contribution in [3.05, 3.63) is 67.9 Å². The van der Waals surface area contributed by atoms with Crippen LogP contribution in [0, 0.1) is 24.0 Å². The maximum atomic E-state index is 11.4. The lowest BCUT2D eigenvalue weighted by molar-refractivity contribution is -0.479. The molecule has 0 aliphatic heterocycles. The van der Waals surface area contributed by atoms with E-state index in [9.17, 15) is 10.1 Å². The summed E-state index contributed by atoms with van der Waals surface area (Å²) in [7, 11) is 3.07. The van der Waals surface area contributed by atoms with E-state index in [-0.39, 0.29) is 11.5 Å². The minimum absolute atomic E-state index is 0.293. The second-order valence-corrected chi connectivity index (χ2v) is 8.58. The van der Waals surface area contributed by atoms with E-state index in [0.717, 1.165) is 11.3 Å². The summed E-state index contributed by atoms with van der Waals surface area (Å²) in [6.07, 6.45) is 0. The number of thioether (sulfide) groups is 1. The molecule has 0 saturated carbocycles. The molecule has 1 heterocycles. The van der Waals surface area contributed by atoms with Gasteiger partial charge in [0.05, 0.1) is 14.2 Å². The fourth-order valence-electron chi connectivity index (χ4n) is 2.99. The second kappa shape index (κ2) is 9.48. The number of hydrogen-bond acceptors (Lipinski definition) is 7. The van der Waals surface area contributed by atoms with Crippen LogP contribution in [-0.4, -0.2) is 40.5 Å². The van der Waals surface area contributed by atoms with Gasteiger partial charge in [-0.2, -0.15) is 0 Å². The van der Waals surface area contributed by atoms with Crippen LogP contribution in [0.5, 0.6) is 11.5 Å². The van der Waals surface area contributed by atoms with Crippen LogP contribution in [0.1, 0.15) is 22.2 Å². The third kappa shape index (κ3) is 4.76. The number of ether oxygens (including phenoxy) is 2. The van der Waals surface area contributed by atoms with Gasteiger partial charge < -0.3 is 9.47 Å². The van der Waals surface area contributed by atoms with Gasteiger partial charge in [0.25, 0.3) is 0 Å². The standard InChI is InChI=1S/C20H21BrN4O4S/c1-12-5-7-14(8-6-12)25-13(2)22-23-20(25)30-19(11-24(26)27)15-9-17(28-3)18(29-4)10-16(15)21/h5-10,19H,11H2,1-4H3/t19-/m1/s1. The number of rotatable bonds is 8. The Labute approximate surface area is 186 Å². The SMILES string of the molecule is COc1cc(Br)c([C@@H](C[N+](=O)[O-])Sc2nnc(C)n2-c2ccc(C)cc2)cc1OC. The number of halogens is 1. The Bertz CT molecular complexity index is 1060. The van der Waals surface area contributed by atoms with Crippen molar-refractivity contribution >= 4 is 27.7 Å². The van der Waals surface area contributed by atoms with Crippen LogP contribution in [-0.2, 0) is 0 Å².